The van der Waals surface area contributed by atoms with Gasteiger partial charge in [0, 0.05) is 29.7 Å². The lowest BCUT2D eigenvalue weighted by atomic mass is 10.1. The summed E-state index contributed by atoms with van der Waals surface area (Å²) in [5.41, 5.74) is -1.01. The van der Waals surface area contributed by atoms with Crippen LogP contribution < -0.4 is 10.6 Å². The second kappa shape index (κ2) is 6.91. The highest BCUT2D eigenvalue weighted by Gasteiger charge is 2.33. The largest absolute Gasteiger partial charge is 0.418 e. The first kappa shape index (κ1) is 17.1. The summed E-state index contributed by atoms with van der Waals surface area (Å²) in [6.45, 7) is 1.69. The number of aryl methyl sites for hydroxylation is 1. The average molecular weight is 348 g/mol. The fourth-order valence-electron chi connectivity index (χ4n) is 1.85. The van der Waals surface area contributed by atoms with Crippen molar-refractivity contribution in [2.45, 2.75) is 19.5 Å². The molecule has 0 radical (unpaired) electrons. The Kier molecular flexibility index (Phi) is 5.15. The Balaban J connectivity index is 1.92. The van der Waals surface area contributed by atoms with Gasteiger partial charge in [-0.25, -0.2) is 0 Å². The number of nitrogens with one attached hydrogen (secondary N) is 2. The molecule has 2 aromatic rings. The van der Waals surface area contributed by atoms with Gasteiger partial charge < -0.3 is 15.2 Å². The third kappa shape index (κ3) is 4.88. The van der Waals surface area contributed by atoms with Crippen LogP contribution in [-0.4, -0.2) is 17.6 Å². The Labute approximate surface area is 134 Å². The van der Waals surface area contributed by atoms with Gasteiger partial charge in [0.15, 0.2) is 5.82 Å². The van der Waals surface area contributed by atoms with Crippen LogP contribution in [0.4, 0.5) is 24.7 Å². The standard InChI is InChI=1S/C14H13ClF3N3O2/c1-8-6-12(21-23-8)20-13(22)4-5-19-11-3-2-9(15)7-10(11)14(16,17)18/h2-3,6-7,19H,4-5H2,1H3,(H,20,21,22). The van der Waals surface area contributed by atoms with Crippen molar-refractivity contribution in [1.29, 1.82) is 0 Å². The number of benzene rings is 1. The van der Waals surface area contributed by atoms with E-state index in [9.17, 15) is 18.0 Å². The number of halogens is 4. The van der Waals surface area contributed by atoms with E-state index in [4.69, 9.17) is 16.1 Å². The van der Waals surface area contributed by atoms with E-state index in [1.807, 2.05) is 0 Å². The molecule has 2 rings (SSSR count). The molecule has 1 aromatic carbocycles. The van der Waals surface area contributed by atoms with E-state index in [-0.39, 0.29) is 29.5 Å². The summed E-state index contributed by atoms with van der Waals surface area (Å²) >= 11 is 5.59. The van der Waals surface area contributed by atoms with Gasteiger partial charge in [-0.3, -0.25) is 4.79 Å². The minimum Gasteiger partial charge on any atom is -0.384 e. The van der Waals surface area contributed by atoms with Crippen molar-refractivity contribution in [3.8, 4) is 0 Å². The molecule has 0 aliphatic rings. The zero-order valence-corrected chi connectivity index (χ0v) is 12.8. The van der Waals surface area contributed by atoms with Gasteiger partial charge in [-0.2, -0.15) is 13.2 Å². The number of alkyl halides is 3. The van der Waals surface area contributed by atoms with Gasteiger partial charge in [0.25, 0.3) is 0 Å². The molecule has 0 atom stereocenters. The minimum absolute atomic E-state index is 0.0120. The molecule has 0 spiro atoms. The van der Waals surface area contributed by atoms with E-state index in [0.717, 1.165) is 6.07 Å². The van der Waals surface area contributed by atoms with Crippen molar-refractivity contribution in [3.63, 3.8) is 0 Å². The molecule has 5 nitrogen and oxygen atoms in total. The molecular weight excluding hydrogens is 335 g/mol. The van der Waals surface area contributed by atoms with Crippen LogP contribution in [0.15, 0.2) is 28.8 Å². The lowest BCUT2D eigenvalue weighted by Crippen LogP contribution is -2.18. The van der Waals surface area contributed by atoms with Crippen LogP contribution in [0, 0.1) is 6.92 Å². The Morgan fingerprint density at radius 2 is 2.09 bits per heavy atom. The molecule has 0 saturated heterocycles. The summed E-state index contributed by atoms with van der Waals surface area (Å²) in [6.07, 6.45) is -4.57. The third-order valence-electron chi connectivity index (χ3n) is 2.85. The molecule has 124 valence electrons. The van der Waals surface area contributed by atoms with Crippen LogP contribution in [0.2, 0.25) is 5.02 Å². The molecule has 0 bridgehead atoms. The van der Waals surface area contributed by atoms with Gasteiger partial charge >= 0.3 is 6.18 Å². The van der Waals surface area contributed by atoms with E-state index in [1.165, 1.54) is 18.2 Å². The first-order chi connectivity index (χ1) is 10.8. The molecule has 0 saturated carbocycles. The Morgan fingerprint density at radius 3 is 2.70 bits per heavy atom. The maximum absolute atomic E-state index is 12.9. The molecule has 0 unspecified atom stereocenters. The SMILES string of the molecule is Cc1cc(NC(=O)CCNc2ccc(Cl)cc2C(F)(F)F)no1. The quantitative estimate of drug-likeness (QED) is 0.854. The van der Waals surface area contributed by atoms with Crippen molar-refractivity contribution in [2.24, 2.45) is 0 Å². The smallest absolute Gasteiger partial charge is 0.384 e. The Hall–Kier alpha value is -2.22. The van der Waals surface area contributed by atoms with Crippen LogP contribution >= 0.6 is 11.6 Å². The average Bonchev–Trinajstić information content (AvgIpc) is 2.84. The van der Waals surface area contributed by atoms with E-state index in [0.29, 0.717) is 5.76 Å². The second-order valence-electron chi connectivity index (χ2n) is 4.74. The number of hydrogen-bond donors (Lipinski definition) is 2. The third-order valence-corrected chi connectivity index (χ3v) is 3.09. The summed E-state index contributed by atoms with van der Waals surface area (Å²) in [6, 6.07) is 4.94. The van der Waals surface area contributed by atoms with Gasteiger partial charge in [-0.05, 0) is 25.1 Å². The molecular formula is C14H13ClF3N3O2. The maximum Gasteiger partial charge on any atom is 0.418 e. The first-order valence-corrected chi connectivity index (χ1v) is 6.97. The molecule has 0 fully saturated rings. The Morgan fingerprint density at radius 1 is 1.35 bits per heavy atom. The monoisotopic (exact) mass is 347 g/mol. The fourth-order valence-corrected chi connectivity index (χ4v) is 2.02. The number of rotatable bonds is 5. The summed E-state index contributed by atoms with van der Waals surface area (Å²) in [4.78, 5) is 11.7. The van der Waals surface area contributed by atoms with Crippen molar-refractivity contribution < 1.29 is 22.5 Å². The molecule has 23 heavy (non-hydrogen) atoms. The zero-order valence-electron chi connectivity index (χ0n) is 12.0. The highest BCUT2D eigenvalue weighted by Crippen LogP contribution is 2.36. The predicted molar refractivity (Wildman–Crippen MR) is 79.4 cm³/mol. The van der Waals surface area contributed by atoms with Crippen molar-refractivity contribution >= 4 is 29.0 Å². The van der Waals surface area contributed by atoms with Gasteiger partial charge in [0.1, 0.15) is 5.76 Å². The van der Waals surface area contributed by atoms with Gasteiger partial charge in [0.2, 0.25) is 5.91 Å². The van der Waals surface area contributed by atoms with Crippen LogP contribution in [0.25, 0.3) is 0 Å². The van der Waals surface area contributed by atoms with Crippen molar-refractivity contribution in [2.75, 3.05) is 17.2 Å². The summed E-state index contributed by atoms with van der Waals surface area (Å²) in [7, 11) is 0. The lowest BCUT2D eigenvalue weighted by molar-refractivity contribution is -0.137. The predicted octanol–water partition coefficient (Wildman–Crippen LogP) is 4.10. The van der Waals surface area contributed by atoms with Gasteiger partial charge in [-0.1, -0.05) is 16.8 Å². The first-order valence-electron chi connectivity index (χ1n) is 6.59. The molecule has 1 heterocycles. The van der Waals surface area contributed by atoms with Crippen LogP contribution in [-0.2, 0) is 11.0 Å². The fraction of sp³-hybridized carbons (Fsp3) is 0.286. The van der Waals surface area contributed by atoms with Crippen LogP contribution in [0.1, 0.15) is 17.7 Å². The van der Waals surface area contributed by atoms with Gasteiger partial charge in [-0.15, -0.1) is 0 Å². The summed E-state index contributed by atoms with van der Waals surface area (Å²) in [5, 5.41) is 8.64. The second-order valence-corrected chi connectivity index (χ2v) is 5.17. The van der Waals surface area contributed by atoms with Crippen molar-refractivity contribution in [3.05, 3.63) is 40.6 Å². The molecule has 0 aliphatic heterocycles. The molecule has 1 aromatic heterocycles. The zero-order chi connectivity index (χ0) is 17.0. The summed E-state index contributed by atoms with van der Waals surface area (Å²) in [5.74, 6) is 0.401. The number of amides is 1. The van der Waals surface area contributed by atoms with E-state index in [1.54, 1.807) is 6.92 Å². The number of carbonyl (C=O) groups excluding carboxylic acids is 1. The van der Waals surface area contributed by atoms with Crippen LogP contribution in [0.3, 0.4) is 0 Å². The van der Waals surface area contributed by atoms with Gasteiger partial charge in [0.05, 0.1) is 5.56 Å². The Bertz CT molecular complexity index is 701. The summed E-state index contributed by atoms with van der Waals surface area (Å²) < 4.78 is 43.5. The number of nitrogens with zero attached hydrogens (tertiary/aromatic N) is 1. The maximum atomic E-state index is 12.9. The van der Waals surface area contributed by atoms with E-state index >= 15 is 0 Å². The minimum atomic E-state index is -4.53. The molecule has 1 amide bonds. The normalized spacial score (nSPS) is 11.3. The highest BCUT2D eigenvalue weighted by molar-refractivity contribution is 6.30. The lowest BCUT2D eigenvalue weighted by Gasteiger charge is -2.14. The molecule has 0 aliphatic carbocycles. The highest BCUT2D eigenvalue weighted by atomic mass is 35.5. The molecule has 9 heteroatoms. The number of aromatic nitrogens is 1. The number of carbonyl (C=O) groups is 1. The van der Waals surface area contributed by atoms with E-state index in [2.05, 4.69) is 15.8 Å². The van der Waals surface area contributed by atoms with Crippen LogP contribution in [0.5, 0.6) is 0 Å². The van der Waals surface area contributed by atoms with Crippen molar-refractivity contribution in [1.82, 2.24) is 5.16 Å². The number of anilines is 2. The number of hydrogen-bond acceptors (Lipinski definition) is 4. The molecule has 2 N–H and O–H groups in total. The topological polar surface area (TPSA) is 67.2 Å². The van der Waals surface area contributed by atoms with E-state index < -0.39 is 17.6 Å².